The van der Waals surface area contributed by atoms with Gasteiger partial charge in [-0.3, -0.25) is 14.3 Å². The van der Waals surface area contributed by atoms with E-state index >= 15 is 0 Å². The number of nitrogens with zero attached hydrogens (tertiary/aromatic N) is 3. The number of likely N-dealkylation sites (tertiary alicyclic amines) is 1. The van der Waals surface area contributed by atoms with Gasteiger partial charge in [0.25, 0.3) is 0 Å². The number of furan rings is 1. The molecule has 2 aromatic heterocycles. The Morgan fingerprint density at radius 2 is 2.22 bits per heavy atom. The second-order valence-electron chi connectivity index (χ2n) is 5.98. The largest absolute Gasteiger partial charge is 0.469 e. The van der Waals surface area contributed by atoms with Gasteiger partial charge in [-0.2, -0.15) is 5.10 Å². The summed E-state index contributed by atoms with van der Waals surface area (Å²) in [5, 5.41) is 4.23. The van der Waals surface area contributed by atoms with Crippen molar-refractivity contribution in [1.29, 1.82) is 0 Å². The van der Waals surface area contributed by atoms with Gasteiger partial charge in [-0.05, 0) is 24.6 Å². The molecule has 0 spiro atoms. The van der Waals surface area contributed by atoms with Crippen LogP contribution in [0.15, 0.2) is 29.0 Å². The molecule has 1 fully saturated rings. The number of hydrogen-bond acceptors (Lipinski definition) is 4. The minimum absolute atomic E-state index is 0.0600. The monoisotopic (exact) mass is 316 g/mol. The Kier molecular flexibility index (Phi) is 3.94. The molecule has 2 amide bonds. The molecule has 3 rings (SSSR count). The highest BCUT2D eigenvalue weighted by Crippen LogP contribution is 2.34. The Morgan fingerprint density at radius 1 is 1.43 bits per heavy atom. The number of carbonyl (C=O) groups excluding carboxylic acids is 2. The maximum Gasteiger partial charge on any atom is 0.230 e. The molecule has 23 heavy (non-hydrogen) atoms. The van der Waals surface area contributed by atoms with E-state index in [1.165, 1.54) is 0 Å². The molecule has 0 aliphatic carbocycles. The van der Waals surface area contributed by atoms with Crippen LogP contribution < -0.4 is 5.73 Å². The highest BCUT2D eigenvalue weighted by molar-refractivity contribution is 5.83. The first kappa shape index (κ1) is 15.3. The molecule has 1 aliphatic rings. The molecule has 2 aromatic rings. The number of primary amides is 1. The number of rotatable bonds is 4. The highest BCUT2D eigenvalue weighted by Gasteiger charge is 2.40. The van der Waals surface area contributed by atoms with Gasteiger partial charge in [0.1, 0.15) is 5.76 Å². The number of carbonyl (C=O) groups is 2. The summed E-state index contributed by atoms with van der Waals surface area (Å²) in [4.78, 5) is 26.0. The summed E-state index contributed by atoms with van der Waals surface area (Å²) in [6.07, 6.45) is 3.49. The van der Waals surface area contributed by atoms with Gasteiger partial charge in [-0.15, -0.1) is 0 Å². The Morgan fingerprint density at radius 3 is 2.78 bits per heavy atom. The molecule has 1 aliphatic heterocycles. The fourth-order valence-corrected chi connectivity index (χ4v) is 3.16. The van der Waals surface area contributed by atoms with Gasteiger partial charge in [0.2, 0.25) is 11.8 Å². The average molecular weight is 316 g/mol. The third-order valence-corrected chi connectivity index (χ3v) is 4.62. The lowest BCUT2D eigenvalue weighted by Crippen LogP contribution is -2.32. The summed E-state index contributed by atoms with van der Waals surface area (Å²) < 4.78 is 6.98. The van der Waals surface area contributed by atoms with Gasteiger partial charge < -0.3 is 15.1 Å². The first-order chi connectivity index (χ1) is 11.0. The molecule has 0 bridgehead atoms. The van der Waals surface area contributed by atoms with Crippen LogP contribution in [-0.2, 0) is 23.1 Å². The molecule has 3 heterocycles. The standard InChI is InChI=1S/C16H20N4O3/c1-10-12(7-18-19(10)2)13-8-20(9-14(13)16(17)22)15(21)6-11-4-3-5-23-11/h3-5,7,13-14H,6,8-9H2,1-2H3,(H2,17,22)/t13-,14+/m1/s1. The van der Waals surface area contributed by atoms with Crippen LogP contribution in [0.4, 0.5) is 0 Å². The van der Waals surface area contributed by atoms with Gasteiger partial charge in [0.15, 0.2) is 0 Å². The molecule has 0 aromatic carbocycles. The summed E-state index contributed by atoms with van der Waals surface area (Å²) in [6.45, 7) is 2.77. The number of hydrogen-bond donors (Lipinski definition) is 1. The Balaban J connectivity index is 1.79. The predicted molar refractivity (Wildman–Crippen MR) is 82.4 cm³/mol. The molecule has 1 saturated heterocycles. The lowest BCUT2D eigenvalue weighted by atomic mass is 9.89. The Bertz CT molecular complexity index is 720. The van der Waals surface area contributed by atoms with Crippen molar-refractivity contribution in [3.05, 3.63) is 41.6 Å². The van der Waals surface area contributed by atoms with Gasteiger partial charge >= 0.3 is 0 Å². The highest BCUT2D eigenvalue weighted by atomic mass is 16.3. The van der Waals surface area contributed by atoms with E-state index in [4.69, 9.17) is 10.2 Å². The van der Waals surface area contributed by atoms with E-state index in [0.717, 1.165) is 11.3 Å². The van der Waals surface area contributed by atoms with Crippen molar-refractivity contribution in [3.63, 3.8) is 0 Å². The SMILES string of the molecule is Cc1c([C@H]2CN(C(=O)Cc3ccco3)C[C@@H]2C(N)=O)cnn1C. The van der Waals surface area contributed by atoms with Crippen molar-refractivity contribution < 1.29 is 14.0 Å². The second-order valence-corrected chi connectivity index (χ2v) is 5.98. The molecule has 7 heteroatoms. The number of amides is 2. The zero-order valence-electron chi connectivity index (χ0n) is 13.2. The average Bonchev–Trinajstić information content (AvgIpc) is 3.21. The topological polar surface area (TPSA) is 94.4 Å². The van der Waals surface area contributed by atoms with Crippen LogP contribution in [0.1, 0.15) is 22.9 Å². The van der Waals surface area contributed by atoms with E-state index < -0.39 is 5.92 Å². The fraction of sp³-hybridized carbons (Fsp3) is 0.438. The molecule has 122 valence electrons. The van der Waals surface area contributed by atoms with Crippen molar-refractivity contribution >= 4 is 11.8 Å². The number of aromatic nitrogens is 2. The summed E-state index contributed by atoms with van der Waals surface area (Å²) >= 11 is 0. The first-order valence-electron chi connectivity index (χ1n) is 7.55. The quantitative estimate of drug-likeness (QED) is 0.893. The van der Waals surface area contributed by atoms with Crippen LogP contribution in [0.3, 0.4) is 0 Å². The maximum absolute atomic E-state index is 12.4. The van der Waals surface area contributed by atoms with E-state index in [2.05, 4.69) is 5.10 Å². The van der Waals surface area contributed by atoms with Gasteiger partial charge in [-0.1, -0.05) is 0 Å². The summed E-state index contributed by atoms with van der Waals surface area (Å²) in [5.41, 5.74) is 7.52. The third-order valence-electron chi connectivity index (χ3n) is 4.62. The van der Waals surface area contributed by atoms with Crippen LogP contribution in [-0.4, -0.2) is 39.6 Å². The van der Waals surface area contributed by atoms with E-state index in [0.29, 0.717) is 18.8 Å². The smallest absolute Gasteiger partial charge is 0.230 e. The van der Waals surface area contributed by atoms with E-state index in [9.17, 15) is 9.59 Å². The molecular formula is C16H20N4O3. The van der Waals surface area contributed by atoms with Crippen molar-refractivity contribution in [3.8, 4) is 0 Å². The van der Waals surface area contributed by atoms with Crippen molar-refractivity contribution in [1.82, 2.24) is 14.7 Å². The molecular weight excluding hydrogens is 296 g/mol. The Labute approximate surface area is 134 Å². The molecule has 7 nitrogen and oxygen atoms in total. The van der Waals surface area contributed by atoms with Crippen molar-refractivity contribution in [2.24, 2.45) is 18.7 Å². The Hall–Kier alpha value is -2.57. The fourth-order valence-electron chi connectivity index (χ4n) is 3.16. The maximum atomic E-state index is 12.4. The summed E-state index contributed by atoms with van der Waals surface area (Å²) in [7, 11) is 1.85. The predicted octanol–water partition coefficient (Wildman–Crippen LogP) is 0.592. The number of aryl methyl sites for hydroxylation is 1. The van der Waals surface area contributed by atoms with Crippen LogP contribution in [0, 0.1) is 12.8 Å². The van der Waals surface area contributed by atoms with Crippen LogP contribution >= 0.6 is 0 Å². The van der Waals surface area contributed by atoms with Crippen LogP contribution in [0.2, 0.25) is 0 Å². The first-order valence-corrected chi connectivity index (χ1v) is 7.55. The molecule has 0 radical (unpaired) electrons. The van der Waals surface area contributed by atoms with E-state index in [1.54, 1.807) is 34.2 Å². The second kappa shape index (κ2) is 5.91. The van der Waals surface area contributed by atoms with Gasteiger partial charge in [0.05, 0.1) is 24.8 Å². The normalized spacial score (nSPS) is 20.9. The number of nitrogens with two attached hydrogens (primary N) is 1. The van der Waals surface area contributed by atoms with Crippen LogP contribution in [0.25, 0.3) is 0 Å². The minimum atomic E-state index is -0.390. The van der Waals surface area contributed by atoms with Crippen LogP contribution in [0.5, 0.6) is 0 Å². The van der Waals surface area contributed by atoms with E-state index in [1.807, 2.05) is 14.0 Å². The molecule has 2 N–H and O–H groups in total. The van der Waals surface area contributed by atoms with Crippen molar-refractivity contribution in [2.45, 2.75) is 19.3 Å². The molecule has 0 saturated carbocycles. The molecule has 0 unspecified atom stereocenters. The summed E-state index contributed by atoms with van der Waals surface area (Å²) in [6, 6.07) is 3.52. The van der Waals surface area contributed by atoms with Gasteiger partial charge in [-0.25, -0.2) is 0 Å². The zero-order valence-corrected chi connectivity index (χ0v) is 13.2. The van der Waals surface area contributed by atoms with Crippen molar-refractivity contribution in [2.75, 3.05) is 13.1 Å². The summed E-state index contributed by atoms with van der Waals surface area (Å²) in [5.74, 6) is -0.325. The zero-order chi connectivity index (χ0) is 16.6. The lowest BCUT2D eigenvalue weighted by Gasteiger charge is -2.15. The lowest BCUT2D eigenvalue weighted by molar-refractivity contribution is -0.130. The van der Waals surface area contributed by atoms with E-state index in [-0.39, 0.29) is 24.2 Å². The molecule has 2 atom stereocenters. The third kappa shape index (κ3) is 2.86. The van der Waals surface area contributed by atoms with Gasteiger partial charge in [0, 0.05) is 31.7 Å². The minimum Gasteiger partial charge on any atom is -0.469 e.